The fourth-order valence-corrected chi connectivity index (χ4v) is 1.70. The zero-order valence-electron chi connectivity index (χ0n) is 11.8. The Morgan fingerprint density at radius 2 is 2.16 bits per heavy atom. The highest BCUT2D eigenvalue weighted by Crippen LogP contribution is 2.17. The average Bonchev–Trinajstić information content (AvgIpc) is 2.36. The summed E-state index contributed by atoms with van der Waals surface area (Å²) in [4.78, 5) is 11.6. The molecule has 102 valence electrons. The number of nitriles is 1. The summed E-state index contributed by atoms with van der Waals surface area (Å²) in [5, 5.41) is 14.9. The molecule has 0 radical (unpaired) electrons. The van der Waals surface area contributed by atoms with Crippen LogP contribution in [0.15, 0.2) is 18.2 Å². The van der Waals surface area contributed by atoms with E-state index in [-0.39, 0.29) is 12.5 Å². The van der Waals surface area contributed by atoms with Gasteiger partial charge in [-0.05, 0) is 30.9 Å². The monoisotopic (exact) mass is 259 g/mol. The topological polar surface area (TPSA) is 64.9 Å². The molecule has 19 heavy (non-hydrogen) atoms. The highest BCUT2D eigenvalue weighted by atomic mass is 16.1. The van der Waals surface area contributed by atoms with Gasteiger partial charge in [-0.3, -0.25) is 4.79 Å². The molecule has 4 heteroatoms. The largest absolute Gasteiger partial charge is 0.375 e. The zero-order chi connectivity index (χ0) is 14.3. The molecule has 0 unspecified atom stereocenters. The van der Waals surface area contributed by atoms with E-state index in [9.17, 15) is 4.79 Å². The molecule has 1 aromatic carbocycles. The minimum atomic E-state index is -0.0500. The molecule has 1 aromatic rings. The Bertz CT molecular complexity index is 475. The van der Waals surface area contributed by atoms with Crippen LogP contribution in [0.25, 0.3) is 0 Å². The minimum absolute atomic E-state index is 0.0500. The first-order valence-corrected chi connectivity index (χ1v) is 6.55. The van der Waals surface area contributed by atoms with Crippen molar-refractivity contribution in [3.63, 3.8) is 0 Å². The summed E-state index contributed by atoms with van der Waals surface area (Å²) in [5.74, 6) is 0.529. The molecule has 0 fully saturated rings. The number of rotatable bonds is 6. The third kappa shape index (κ3) is 5.01. The zero-order valence-corrected chi connectivity index (χ0v) is 11.8. The molecule has 0 atom stereocenters. The smallest absolute Gasteiger partial charge is 0.239 e. The summed E-state index contributed by atoms with van der Waals surface area (Å²) < 4.78 is 0. The van der Waals surface area contributed by atoms with Gasteiger partial charge < -0.3 is 10.6 Å². The second kappa shape index (κ2) is 7.42. The number of aryl methyl sites for hydroxylation is 1. The first kappa shape index (κ1) is 15.0. The summed E-state index contributed by atoms with van der Waals surface area (Å²) in [6.45, 7) is 7.01. The number of amides is 1. The van der Waals surface area contributed by atoms with E-state index in [0.717, 1.165) is 12.0 Å². The van der Waals surface area contributed by atoms with E-state index in [1.807, 2.05) is 25.1 Å². The number of carbonyl (C=O) groups excluding carboxylic acids is 1. The maximum absolute atomic E-state index is 11.6. The van der Waals surface area contributed by atoms with Gasteiger partial charge in [0, 0.05) is 6.54 Å². The van der Waals surface area contributed by atoms with Crippen LogP contribution >= 0.6 is 0 Å². The van der Waals surface area contributed by atoms with Crippen LogP contribution in [-0.2, 0) is 4.79 Å². The molecule has 1 amide bonds. The van der Waals surface area contributed by atoms with E-state index in [1.54, 1.807) is 0 Å². The summed E-state index contributed by atoms with van der Waals surface area (Å²) in [7, 11) is 0. The lowest BCUT2D eigenvalue weighted by molar-refractivity contribution is -0.119. The van der Waals surface area contributed by atoms with Gasteiger partial charge in [0.2, 0.25) is 5.91 Å². The maximum atomic E-state index is 11.6. The van der Waals surface area contributed by atoms with Gasteiger partial charge in [-0.15, -0.1) is 0 Å². The predicted molar refractivity (Wildman–Crippen MR) is 76.8 cm³/mol. The summed E-state index contributed by atoms with van der Waals surface area (Å²) in [6.07, 6.45) is 0.972. The van der Waals surface area contributed by atoms with Crippen LogP contribution in [-0.4, -0.2) is 19.0 Å². The fraction of sp³-hybridized carbons (Fsp3) is 0.467. The summed E-state index contributed by atoms with van der Waals surface area (Å²) >= 11 is 0. The molecule has 0 aliphatic carbocycles. The van der Waals surface area contributed by atoms with E-state index in [0.29, 0.717) is 23.7 Å². The number of benzene rings is 1. The highest BCUT2D eigenvalue weighted by molar-refractivity contribution is 5.81. The van der Waals surface area contributed by atoms with E-state index >= 15 is 0 Å². The summed E-state index contributed by atoms with van der Waals surface area (Å²) in [5.41, 5.74) is 2.21. The minimum Gasteiger partial charge on any atom is -0.375 e. The number of nitrogens with zero attached hydrogens (tertiary/aromatic N) is 1. The van der Waals surface area contributed by atoms with Gasteiger partial charge in [-0.2, -0.15) is 5.26 Å². The molecular weight excluding hydrogens is 238 g/mol. The fourth-order valence-electron chi connectivity index (χ4n) is 1.70. The van der Waals surface area contributed by atoms with Crippen LogP contribution in [0.3, 0.4) is 0 Å². The Balaban J connectivity index is 2.47. The van der Waals surface area contributed by atoms with Crippen molar-refractivity contribution in [2.45, 2.75) is 27.2 Å². The van der Waals surface area contributed by atoms with Gasteiger partial charge in [-0.1, -0.05) is 26.0 Å². The molecule has 0 aliphatic rings. The Hall–Kier alpha value is -2.02. The van der Waals surface area contributed by atoms with Gasteiger partial charge >= 0.3 is 0 Å². The normalized spacial score (nSPS) is 10.1. The second-order valence-corrected chi connectivity index (χ2v) is 5.00. The van der Waals surface area contributed by atoms with Crippen molar-refractivity contribution >= 4 is 11.6 Å². The van der Waals surface area contributed by atoms with E-state index in [2.05, 4.69) is 30.6 Å². The molecule has 0 spiro atoms. The third-order valence-corrected chi connectivity index (χ3v) is 2.87. The Labute approximate surface area is 114 Å². The number of carbonyl (C=O) groups is 1. The number of nitrogens with one attached hydrogen (secondary N) is 2. The first-order valence-electron chi connectivity index (χ1n) is 6.55. The third-order valence-electron chi connectivity index (χ3n) is 2.87. The lowest BCUT2D eigenvalue weighted by Gasteiger charge is -2.11. The Kier molecular flexibility index (Phi) is 5.87. The average molecular weight is 259 g/mol. The van der Waals surface area contributed by atoms with Crippen molar-refractivity contribution in [2.75, 3.05) is 18.4 Å². The van der Waals surface area contributed by atoms with Crippen molar-refractivity contribution in [2.24, 2.45) is 5.92 Å². The lowest BCUT2D eigenvalue weighted by Crippen LogP contribution is -2.31. The van der Waals surface area contributed by atoms with Crippen LogP contribution in [0.1, 0.15) is 31.4 Å². The van der Waals surface area contributed by atoms with Crippen molar-refractivity contribution in [3.8, 4) is 6.07 Å². The lowest BCUT2D eigenvalue weighted by atomic mass is 10.1. The quantitative estimate of drug-likeness (QED) is 0.824. The number of hydrogen-bond donors (Lipinski definition) is 2. The molecule has 0 heterocycles. The van der Waals surface area contributed by atoms with Gasteiger partial charge in [-0.25, -0.2) is 0 Å². The number of anilines is 1. The van der Waals surface area contributed by atoms with Gasteiger partial charge in [0.25, 0.3) is 0 Å². The SMILES string of the molecule is Cc1cccc(NCC(=O)NCCC(C)C)c1C#N. The van der Waals surface area contributed by atoms with Crippen molar-refractivity contribution in [3.05, 3.63) is 29.3 Å². The van der Waals surface area contributed by atoms with Crippen LogP contribution in [0.4, 0.5) is 5.69 Å². The molecule has 4 nitrogen and oxygen atoms in total. The van der Waals surface area contributed by atoms with Crippen molar-refractivity contribution < 1.29 is 4.79 Å². The van der Waals surface area contributed by atoms with E-state index in [1.165, 1.54) is 0 Å². The standard InChI is InChI=1S/C15H21N3O/c1-11(2)7-8-17-15(19)10-18-14-6-4-5-12(3)13(14)9-16/h4-6,11,18H,7-8,10H2,1-3H3,(H,17,19). The Morgan fingerprint density at radius 1 is 1.42 bits per heavy atom. The molecule has 0 saturated heterocycles. The van der Waals surface area contributed by atoms with Gasteiger partial charge in [0.15, 0.2) is 0 Å². The van der Waals surface area contributed by atoms with Crippen LogP contribution in [0, 0.1) is 24.2 Å². The first-order chi connectivity index (χ1) is 9.04. The molecule has 0 aliphatic heterocycles. The van der Waals surface area contributed by atoms with E-state index < -0.39 is 0 Å². The predicted octanol–water partition coefficient (Wildman–Crippen LogP) is 2.44. The second-order valence-electron chi connectivity index (χ2n) is 5.00. The van der Waals surface area contributed by atoms with Crippen LogP contribution < -0.4 is 10.6 Å². The van der Waals surface area contributed by atoms with Gasteiger partial charge in [0.1, 0.15) is 6.07 Å². The molecule has 1 rings (SSSR count). The van der Waals surface area contributed by atoms with Crippen molar-refractivity contribution in [1.29, 1.82) is 5.26 Å². The molecule has 0 aromatic heterocycles. The molecule has 2 N–H and O–H groups in total. The molecular formula is C15H21N3O. The molecule has 0 bridgehead atoms. The number of hydrogen-bond acceptors (Lipinski definition) is 3. The van der Waals surface area contributed by atoms with E-state index in [4.69, 9.17) is 5.26 Å². The Morgan fingerprint density at radius 3 is 2.79 bits per heavy atom. The van der Waals surface area contributed by atoms with Crippen LogP contribution in [0.2, 0.25) is 0 Å². The van der Waals surface area contributed by atoms with Gasteiger partial charge in [0.05, 0.1) is 17.8 Å². The van der Waals surface area contributed by atoms with Crippen molar-refractivity contribution in [1.82, 2.24) is 5.32 Å². The molecule has 0 saturated carbocycles. The highest BCUT2D eigenvalue weighted by Gasteiger charge is 2.06. The van der Waals surface area contributed by atoms with Crippen LogP contribution in [0.5, 0.6) is 0 Å². The summed E-state index contributed by atoms with van der Waals surface area (Å²) in [6, 6.07) is 7.72. The maximum Gasteiger partial charge on any atom is 0.239 e.